The zero-order valence-electron chi connectivity index (χ0n) is 21.2. The fraction of sp³-hybridized carbons (Fsp3) is 0.125. The van der Waals surface area contributed by atoms with Crippen molar-refractivity contribution in [2.45, 2.75) is 26.9 Å². The summed E-state index contributed by atoms with van der Waals surface area (Å²) in [6, 6.07) is 35.0. The highest BCUT2D eigenvalue weighted by atomic mass is 28.3. The standard InChI is InChI=1S/C32H29N3Si/c1-22-17-18-33-32(19-22)36(3,4)26-11-8-10-24(20-26)25-15-16-28-27-12-5-6-13-29(27)35(30(28)21-25)31-14-7-9-23(2)34-31/h5-21H,1-4H3. The van der Waals surface area contributed by atoms with Gasteiger partial charge in [0.15, 0.2) is 0 Å². The Hall–Kier alpha value is -4.02. The highest BCUT2D eigenvalue weighted by Gasteiger charge is 2.28. The number of benzene rings is 3. The summed E-state index contributed by atoms with van der Waals surface area (Å²) < 4.78 is 2.29. The van der Waals surface area contributed by atoms with E-state index in [0.717, 1.165) is 11.5 Å². The lowest BCUT2D eigenvalue weighted by atomic mass is 10.0. The number of hydrogen-bond donors (Lipinski definition) is 0. The van der Waals surface area contributed by atoms with Gasteiger partial charge in [0, 0.05) is 28.0 Å². The maximum Gasteiger partial charge on any atom is 0.137 e. The topological polar surface area (TPSA) is 30.7 Å². The summed E-state index contributed by atoms with van der Waals surface area (Å²) in [6.45, 7) is 8.96. The molecule has 0 spiro atoms. The van der Waals surface area contributed by atoms with Crippen molar-refractivity contribution in [1.82, 2.24) is 14.5 Å². The Labute approximate surface area is 213 Å². The predicted molar refractivity (Wildman–Crippen MR) is 154 cm³/mol. The molecule has 0 saturated heterocycles. The third kappa shape index (κ3) is 3.75. The highest BCUT2D eigenvalue weighted by molar-refractivity contribution is 7.00. The number of fused-ring (bicyclic) bond motifs is 3. The molecule has 0 saturated carbocycles. The average molecular weight is 484 g/mol. The van der Waals surface area contributed by atoms with Crippen molar-refractivity contribution in [2.75, 3.05) is 0 Å². The molecule has 6 aromatic rings. The summed E-state index contributed by atoms with van der Waals surface area (Å²) in [7, 11) is -1.93. The van der Waals surface area contributed by atoms with Crippen LogP contribution in [0.15, 0.2) is 103 Å². The minimum Gasteiger partial charge on any atom is -0.294 e. The van der Waals surface area contributed by atoms with E-state index in [4.69, 9.17) is 9.97 Å². The van der Waals surface area contributed by atoms with Crippen LogP contribution in [0, 0.1) is 13.8 Å². The first kappa shape index (κ1) is 22.4. The van der Waals surface area contributed by atoms with Crippen molar-refractivity contribution in [1.29, 1.82) is 0 Å². The molecule has 0 aliphatic carbocycles. The molecule has 0 bridgehead atoms. The average Bonchev–Trinajstić information content (AvgIpc) is 3.22. The van der Waals surface area contributed by atoms with E-state index in [2.05, 4.69) is 116 Å². The molecule has 6 rings (SSSR count). The molecule has 0 unspecified atom stereocenters. The van der Waals surface area contributed by atoms with Crippen molar-refractivity contribution in [3.8, 4) is 16.9 Å². The van der Waals surface area contributed by atoms with E-state index < -0.39 is 8.07 Å². The number of para-hydroxylation sites is 1. The van der Waals surface area contributed by atoms with Gasteiger partial charge in [-0.05, 0) is 66.9 Å². The van der Waals surface area contributed by atoms with E-state index >= 15 is 0 Å². The zero-order chi connectivity index (χ0) is 24.9. The van der Waals surface area contributed by atoms with E-state index in [1.165, 1.54) is 49.0 Å². The van der Waals surface area contributed by atoms with Crippen LogP contribution in [0.4, 0.5) is 0 Å². The number of nitrogens with zero attached hydrogens (tertiary/aromatic N) is 3. The van der Waals surface area contributed by atoms with Crippen LogP contribution in [0.5, 0.6) is 0 Å². The first-order chi connectivity index (χ1) is 17.4. The van der Waals surface area contributed by atoms with Crippen molar-refractivity contribution < 1.29 is 0 Å². The fourth-order valence-electron chi connectivity index (χ4n) is 5.16. The number of hydrogen-bond acceptors (Lipinski definition) is 2. The molecule has 176 valence electrons. The zero-order valence-corrected chi connectivity index (χ0v) is 22.2. The molecular formula is C32H29N3Si. The smallest absolute Gasteiger partial charge is 0.137 e. The fourth-order valence-corrected chi connectivity index (χ4v) is 7.47. The first-order valence-electron chi connectivity index (χ1n) is 12.4. The third-order valence-electron chi connectivity index (χ3n) is 7.25. The van der Waals surface area contributed by atoms with E-state index in [1.807, 2.05) is 19.2 Å². The second-order valence-corrected chi connectivity index (χ2v) is 14.5. The minimum atomic E-state index is -1.93. The monoisotopic (exact) mass is 483 g/mol. The SMILES string of the molecule is Cc1ccnc([Si](C)(C)c2cccc(-c3ccc4c5ccccc5n(-c5cccc(C)n5)c4c3)c2)c1. The van der Waals surface area contributed by atoms with Gasteiger partial charge in [-0.3, -0.25) is 9.55 Å². The molecular weight excluding hydrogens is 454 g/mol. The van der Waals surface area contributed by atoms with E-state index in [-0.39, 0.29) is 0 Å². The van der Waals surface area contributed by atoms with Gasteiger partial charge in [-0.1, -0.05) is 78.9 Å². The molecule has 36 heavy (non-hydrogen) atoms. The number of pyridine rings is 2. The highest BCUT2D eigenvalue weighted by Crippen LogP contribution is 2.34. The van der Waals surface area contributed by atoms with Gasteiger partial charge in [0.05, 0.1) is 11.0 Å². The van der Waals surface area contributed by atoms with E-state index in [0.29, 0.717) is 0 Å². The van der Waals surface area contributed by atoms with E-state index in [9.17, 15) is 0 Å². The minimum absolute atomic E-state index is 0.950. The van der Waals surface area contributed by atoms with Crippen LogP contribution >= 0.6 is 0 Å². The van der Waals surface area contributed by atoms with Gasteiger partial charge in [0.1, 0.15) is 13.9 Å². The van der Waals surface area contributed by atoms with Gasteiger partial charge in [0.2, 0.25) is 0 Å². The Kier molecular flexibility index (Phi) is 5.35. The lowest BCUT2D eigenvalue weighted by Crippen LogP contribution is -2.54. The van der Waals surface area contributed by atoms with Crippen LogP contribution in [-0.4, -0.2) is 22.6 Å². The van der Waals surface area contributed by atoms with Gasteiger partial charge < -0.3 is 0 Å². The molecule has 0 aliphatic heterocycles. The lowest BCUT2D eigenvalue weighted by Gasteiger charge is -2.23. The van der Waals surface area contributed by atoms with Gasteiger partial charge in [-0.2, -0.15) is 0 Å². The molecule has 3 nitrogen and oxygen atoms in total. The summed E-state index contributed by atoms with van der Waals surface area (Å²) in [6.07, 6.45) is 1.94. The second-order valence-electron chi connectivity index (χ2n) is 10.1. The number of aryl methyl sites for hydroxylation is 2. The summed E-state index contributed by atoms with van der Waals surface area (Å²) in [5, 5.41) is 5.10. The van der Waals surface area contributed by atoms with Crippen LogP contribution in [0.2, 0.25) is 13.1 Å². The molecule has 3 heterocycles. The molecule has 0 fully saturated rings. The van der Waals surface area contributed by atoms with Gasteiger partial charge in [0.25, 0.3) is 0 Å². The molecule has 0 atom stereocenters. The molecule has 0 N–H and O–H groups in total. The quantitative estimate of drug-likeness (QED) is 0.262. The molecule has 3 aromatic carbocycles. The summed E-state index contributed by atoms with van der Waals surface area (Å²) >= 11 is 0. The van der Waals surface area contributed by atoms with Crippen LogP contribution in [0.25, 0.3) is 38.8 Å². The molecule has 0 radical (unpaired) electrons. The maximum absolute atomic E-state index is 4.87. The summed E-state index contributed by atoms with van der Waals surface area (Å²) in [5.41, 5.74) is 7.07. The molecule has 3 aromatic heterocycles. The van der Waals surface area contributed by atoms with Gasteiger partial charge in [-0.15, -0.1) is 0 Å². The Morgan fingerprint density at radius 1 is 0.667 bits per heavy atom. The third-order valence-corrected chi connectivity index (χ3v) is 10.6. The van der Waals surface area contributed by atoms with Gasteiger partial charge in [-0.25, -0.2) is 4.98 Å². The maximum atomic E-state index is 4.87. The summed E-state index contributed by atoms with van der Waals surface area (Å²) in [5.74, 6) is 0.950. The summed E-state index contributed by atoms with van der Waals surface area (Å²) in [4.78, 5) is 9.63. The van der Waals surface area contributed by atoms with Crippen molar-refractivity contribution in [3.05, 3.63) is 115 Å². The van der Waals surface area contributed by atoms with Crippen molar-refractivity contribution in [2.24, 2.45) is 0 Å². The number of rotatable bonds is 4. The molecule has 0 aliphatic rings. The van der Waals surface area contributed by atoms with Crippen LogP contribution in [-0.2, 0) is 0 Å². The van der Waals surface area contributed by atoms with Crippen molar-refractivity contribution in [3.63, 3.8) is 0 Å². The van der Waals surface area contributed by atoms with Crippen molar-refractivity contribution >= 4 is 40.4 Å². The number of aromatic nitrogens is 3. The predicted octanol–water partition coefficient (Wildman–Crippen LogP) is 6.68. The Balaban J connectivity index is 1.53. The molecule has 0 amide bonds. The second kappa shape index (κ2) is 8.57. The van der Waals surface area contributed by atoms with Gasteiger partial charge >= 0.3 is 0 Å². The van der Waals surface area contributed by atoms with E-state index in [1.54, 1.807) is 0 Å². The lowest BCUT2D eigenvalue weighted by molar-refractivity contribution is 1.05. The Morgan fingerprint density at radius 3 is 2.28 bits per heavy atom. The Morgan fingerprint density at radius 2 is 1.44 bits per heavy atom. The molecule has 4 heteroatoms. The van der Waals surface area contributed by atoms with Crippen LogP contribution in [0.3, 0.4) is 0 Å². The normalized spacial score (nSPS) is 11.9. The Bertz CT molecular complexity index is 1750. The van der Waals surface area contributed by atoms with Crippen LogP contribution in [0.1, 0.15) is 11.3 Å². The first-order valence-corrected chi connectivity index (χ1v) is 15.4. The largest absolute Gasteiger partial charge is 0.294 e. The van der Waals surface area contributed by atoms with Crippen LogP contribution < -0.4 is 10.5 Å².